The Morgan fingerprint density at radius 3 is 2.46 bits per heavy atom. The van der Waals surface area contributed by atoms with E-state index in [9.17, 15) is 19.7 Å². The van der Waals surface area contributed by atoms with Gasteiger partial charge in [0, 0.05) is 56.8 Å². The van der Waals surface area contributed by atoms with Gasteiger partial charge in [0.25, 0.3) is 0 Å². The molecule has 1 unspecified atom stereocenters. The number of carbonyl (C=O) groups excluding carboxylic acids is 1. The number of nitrogens with one attached hydrogen (secondary N) is 2. The maximum atomic E-state index is 13.5. The molecule has 2 atom stereocenters. The molecule has 4 aromatic carbocycles. The lowest BCUT2D eigenvalue weighted by Crippen LogP contribution is -2.43. The number of nitriles is 2. The highest BCUT2D eigenvalue weighted by atomic mass is 35.5. The monoisotopic (exact) mass is 775 g/mol. The molecule has 1 aliphatic carbocycles. The number of halogens is 2. The average molecular weight is 776 g/mol. The number of benzene rings is 4. The van der Waals surface area contributed by atoms with Crippen molar-refractivity contribution >= 4 is 17.5 Å². The molecule has 2 heterocycles. The van der Waals surface area contributed by atoms with E-state index >= 15 is 0 Å². The molecule has 0 aromatic heterocycles. The Hall–Kier alpha value is -5.13. The lowest BCUT2D eigenvalue weighted by Gasteiger charge is -2.28. The van der Waals surface area contributed by atoms with E-state index in [-0.39, 0.29) is 24.7 Å². The van der Waals surface area contributed by atoms with Crippen LogP contribution in [-0.2, 0) is 24.4 Å². The van der Waals surface area contributed by atoms with Crippen molar-refractivity contribution in [2.24, 2.45) is 0 Å². The number of hydrogen-bond donors (Lipinski definition) is 2. The first-order valence-electron chi connectivity index (χ1n) is 19.5. The molecular formula is C45H47ClFN5O4. The number of likely N-dealkylation sites (tertiary alicyclic amines) is 1. The smallest absolute Gasteiger partial charge is 0.221 e. The number of ether oxygens (including phenoxy) is 3. The van der Waals surface area contributed by atoms with Gasteiger partial charge in [0.1, 0.15) is 36.1 Å². The molecule has 1 amide bonds. The second kappa shape index (κ2) is 18.2. The largest absolute Gasteiger partial charge is 0.493 e. The van der Waals surface area contributed by atoms with Crippen LogP contribution in [0.2, 0.25) is 5.02 Å². The van der Waals surface area contributed by atoms with E-state index < -0.39 is 6.17 Å². The second-order valence-corrected chi connectivity index (χ2v) is 15.3. The Kier molecular flexibility index (Phi) is 12.7. The molecule has 0 bridgehead atoms. The first kappa shape index (κ1) is 39.1. The minimum Gasteiger partial charge on any atom is -0.493 e. The number of alkyl halides is 1. The molecule has 290 valence electrons. The molecule has 4 aromatic rings. The van der Waals surface area contributed by atoms with Gasteiger partial charge >= 0.3 is 0 Å². The van der Waals surface area contributed by atoms with Crippen LogP contribution in [0.5, 0.6) is 17.2 Å². The molecule has 0 spiro atoms. The van der Waals surface area contributed by atoms with Crippen LogP contribution in [0.4, 0.5) is 4.39 Å². The number of piperidine rings is 2. The van der Waals surface area contributed by atoms with Gasteiger partial charge in [0.15, 0.2) is 0 Å². The van der Waals surface area contributed by atoms with Gasteiger partial charge < -0.3 is 29.7 Å². The summed E-state index contributed by atoms with van der Waals surface area (Å²) < 4.78 is 32.9. The predicted molar refractivity (Wildman–Crippen MR) is 214 cm³/mol. The summed E-state index contributed by atoms with van der Waals surface area (Å²) in [5.74, 6) is 1.95. The highest BCUT2D eigenvalue weighted by molar-refractivity contribution is 6.32. The van der Waals surface area contributed by atoms with Crippen LogP contribution in [0, 0.1) is 29.6 Å². The van der Waals surface area contributed by atoms with Crippen molar-refractivity contribution in [3.63, 3.8) is 0 Å². The molecule has 2 aliphatic heterocycles. The topological polar surface area (TPSA) is 120 Å². The summed E-state index contributed by atoms with van der Waals surface area (Å²) >= 11 is 6.94. The first-order chi connectivity index (χ1) is 27.3. The molecule has 3 aliphatic rings. The lowest BCUT2D eigenvalue weighted by atomic mass is 9.93. The average Bonchev–Trinajstić information content (AvgIpc) is 3.63. The van der Waals surface area contributed by atoms with Crippen molar-refractivity contribution in [3.05, 3.63) is 111 Å². The first-order valence-corrected chi connectivity index (χ1v) is 19.9. The number of fused-ring (bicyclic) bond motifs is 1. The summed E-state index contributed by atoms with van der Waals surface area (Å²) in [7, 11) is 0. The van der Waals surface area contributed by atoms with Crippen LogP contribution >= 0.6 is 11.6 Å². The maximum Gasteiger partial charge on any atom is 0.221 e. The predicted octanol–water partition coefficient (Wildman–Crippen LogP) is 8.28. The van der Waals surface area contributed by atoms with Crippen LogP contribution in [0.15, 0.2) is 66.7 Å². The Morgan fingerprint density at radius 2 is 1.70 bits per heavy atom. The summed E-state index contributed by atoms with van der Waals surface area (Å²) in [5, 5.41) is 25.8. The van der Waals surface area contributed by atoms with E-state index in [0.29, 0.717) is 72.2 Å². The van der Waals surface area contributed by atoms with Crippen molar-refractivity contribution in [2.45, 2.75) is 83.3 Å². The number of amides is 1. The van der Waals surface area contributed by atoms with Gasteiger partial charge in [-0.05, 0) is 109 Å². The lowest BCUT2D eigenvalue weighted by molar-refractivity contribution is -0.122. The summed E-state index contributed by atoms with van der Waals surface area (Å²) in [5.41, 5.74) is 8.01. The highest BCUT2D eigenvalue weighted by Gasteiger charge is 2.29. The minimum atomic E-state index is -0.661. The third-order valence-corrected chi connectivity index (χ3v) is 11.3. The normalized spacial score (nSPS) is 18.4. The molecule has 2 fully saturated rings. The number of rotatable bonds is 14. The number of hydrogen-bond acceptors (Lipinski definition) is 8. The molecular weight excluding hydrogens is 729 g/mol. The summed E-state index contributed by atoms with van der Waals surface area (Å²) in [4.78, 5) is 14.4. The summed E-state index contributed by atoms with van der Waals surface area (Å²) in [6.07, 6.45) is 4.07. The van der Waals surface area contributed by atoms with Crippen molar-refractivity contribution in [1.29, 1.82) is 10.5 Å². The number of carbonyl (C=O) groups is 1. The van der Waals surface area contributed by atoms with Gasteiger partial charge in [-0.15, -0.1) is 0 Å². The standard InChI is InChI=1S/C45H47ClFN5O4/c1-29-36(5-3-8-41(29)54-18-4-15-52-16-12-34(47)13-17-52)37-6-2-7-39-38(37)9-10-42(39)56-44-24-43(55-28-32-20-30(25-48)19-31(21-32)26-49)33(22-40(44)46)27-51-35-11-14-50-45(53)23-35/h2-3,5-8,19-22,24,34-35,42,51H,4,9-18,23,27-28H2,1H3,(H,50,53)/t35?,42-/m0/s1. The summed E-state index contributed by atoms with van der Waals surface area (Å²) in [6, 6.07) is 25.5. The summed E-state index contributed by atoms with van der Waals surface area (Å²) in [6.45, 7) is 6.43. The van der Waals surface area contributed by atoms with E-state index in [4.69, 9.17) is 25.8 Å². The van der Waals surface area contributed by atoms with E-state index in [1.54, 1.807) is 18.2 Å². The zero-order valence-electron chi connectivity index (χ0n) is 31.7. The van der Waals surface area contributed by atoms with Gasteiger partial charge in [-0.25, -0.2) is 4.39 Å². The molecule has 56 heavy (non-hydrogen) atoms. The van der Waals surface area contributed by atoms with E-state index in [2.05, 4.69) is 58.9 Å². The van der Waals surface area contributed by atoms with E-state index in [1.165, 1.54) is 5.56 Å². The molecule has 2 N–H and O–H groups in total. The molecule has 7 rings (SSSR count). The number of nitrogens with zero attached hydrogens (tertiary/aromatic N) is 3. The van der Waals surface area contributed by atoms with Gasteiger partial charge in [-0.2, -0.15) is 10.5 Å². The van der Waals surface area contributed by atoms with Crippen LogP contribution < -0.4 is 24.8 Å². The third kappa shape index (κ3) is 9.45. The van der Waals surface area contributed by atoms with Crippen molar-refractivity contribution in [2.75, 3.05) is 32.8 Å². The fourth-order valence-corrected chi connectivity index (χ4v) is 8.25. The Labute approximate surface area is 333 Å². The fraction of sp³-hybridized carbons (Fsp3) is 0.400. The van der Waals surface area contributed by atoms with Crippen LogP contribution in [0.3, 0.4) is 0 Å². The van der Waals surface area contributed by atoms with Gasteiger partial charge in [-0.3, -0.25) is 4.79 Å². The molecule has 0 radical (unpaired) electrons. The molecule has 0 saturated carbocycles. The quantitative estimate of drug-likeness (QED) is 0.123. The Morgan fingerprint density at radius 1 is 0.929 bits per heavy atom. The van der Waals surface area contributed by atoms with Gasteiger partial charge in [0.05, 0.1) is 34.9 Å². The molecule has 9 nitrogen and oxygen atoms in total. The fourth-order valence-electron chi connectivity index (χ4n) is 8.02. The van der Waals surface area contributed by atoms with E-state index in [0.717, 1.165) is 78.9 Å². The van der Waals surface area contributed by atoms with Crippen LogP contribution in [0.1, 0.15) is 83.6 Å². The zero-order valence-corrected chi connectivity index (χ0v) is 32.5. The van der Waals surface area contributed by atoms with Gasteiger partial charge in [0.2, 0.25) is 5.91 Å². The Balaban J connectivity index is 1.08. The van der Waals surface area contributed by atoms with Crippen molar-refractivity contribution < 1.29 is 23.4 Å². The SMILES string of the molecule is Cc1c(OCCCN2CCC(F)CC2)cccc1-c1cccc2c1CC[C@@H]2Oc1cc(OCc2cc(C#N)cc(C#N)c2)c(CNC2CCNC(=O)C2)cc1Cl. The minimum absolute atomic E-state index is 0.0209. The van der Waals surface area contributed by atoms with Crippen molar-refractivity contribution in [3.8, 4) is 40.5 Å². The maximum absolute atomic E-state index is 13.5. The molecule has 2 saturated heterocycles. The van der Waals surface area contributed by atoms with E-state index in [1.807, 2.05) is 24.3 Å². The zero-order chi connectivity index (χ0) is 39.0. The third-order valence-electron chi connectivity index (χ3n) is 11.0. The van der Waals surface area contributed by atoms with Crippen LogP contribution in [0.25, 0.3) is 11.1 Å². The van der Waals surface area contributed by atoms with Crippen LogP contribution in [-0.4, -0.2) is 55.8 Å². The Bertz CT molecular complexity index is 2110. The second-order valence-electron chi connectivity index (χ2n) is 14.9. The highest BCUT2D eigenvalue weighted by Crippen LogP contribution is 2.44. The molecule has 11 heteroatoms. The van der Waals surface area contributed by atoms with Crippen molar-refractivity contribution in [1.82, 2.24) is 15.5 Å². The van der Waals surface area contributed by atoms with Gasteiger partial charge in [-0.1, -0.05) is 41.9 Å².